The molecule has 1 aromatic rings. The zero-order valence-corrected chi connectivity index (χ0v) is 14.4. The van der Waals surface area contributed by atoms with Gasteiger partial charge in [-0.25, -0.2) is 14.5 Å². The highest BCUT2D eigenvalue weighted by atomic mass is 19.4. The summed E-state index contributed by atoms with van der Waals surface area (Å²) in [5.74, 6) is -3.10. The van der Waals surface area contributed by atoms with E-state index in [2.05, 4.69) is 4.74 Å². The number of methoxy groups -OCH3 is 1. The van der Waals surface area contributed by atoms with Crippen LogP contribution < -0.4 is 0 Å². The van der Waals surface area contributed by atoms with Crippen molar-refractivity contribution >= 4 is 12.1 Å². The van der Waals surface area contributed by atoms with Gasteiger partial charge in [0.15, 0.2) is 0 Å². The predicted molar refractivity (Wildman–Crippen MR) is 82.9 cm³/mol. The van der Waals surface area contributed by atoms with Crippen LogP contribution in [0.15, 0.2) is 47.3 Å². The topological polar surface area (TPSA) is 66.8 Å². The van der Waals surface area contributed by atoms with E-state index in [1.54, 1.807) is 0 Å². The lowest BCUT2D eigenvalue weighted by molar-refractivity contribution is -0.139. The highest BCUT2D eigenvalue weighted by molar-refractivity contribution is 5.93. The Kier molecular flexibility index (Phi) is 5.49. The van der Waals surface area contributed by atoms with E-state index in [1.165, 1.54) is 0 Å². The summed E-state index contributed by atoms with van der Waals surface area (Å²) in [4.78, 5) is 23.3. The van der Waals surface area contributed by atoms with E-state index >= 15 is 0 Å². The van der Waals surface area contributed by atoms with Gasteiger partial charge in [0.1, 0.15) is 5.70 Å². The van der Waals surface area contributed by atoms with Crippen LogP contribution >= 0.6 is 0 Å². The molecule has 1 aliphatic heterocycles. The number of amides is 1. The van der Waals surface area contributed by atoms with Crippen molar-refractivity contribution in [2.75, 3.05) is 7.11 Å². The Labute approximate surface area is 154 Å². The van der Waals surface area contributed by atoms with Crippen molar-refractivity contribution in [1.82, 2.24) is 4.90 Å². The second-order valence-corrected chi connectivity index (χ2v) is 5.78. The number of alkyl halides is 6. The molecule has 0 aromatic heterocycles. The van der Waals surface area contributed by atoms with Crippen LogP contribution in [0.2, 0.25) is 0 Å². The minimum atomic E-state index is -5.29. The Hall–Kier alpha value is -2.98. The predicted octanol–water partition coefficient (Wildman–Crippen LogP) is 4.68. The van der Waals surface area contributed by atoms with Crippen molar-refractivity contribution in [1.29, 1.82) is 0 Å². The minimum Gasteiger partial charge on any atom is -0.466 e. The van der Waals surface area contributed by atoms with Crippen molar-refractivity contribution in [2.45, 2.75) is 25.2 Å². The third kappa shape index (κ3) is 3.97. The molecule has 0 saturated carbocycles. The smallest absolute Gasteiger partial charge is 0.432 e. The molecule has 1 heterocycles. The summed E-state index contributed by atoms with van der Waals surface area (Å²) >= 11 is 0. The number of ether oxygens (including phenoxy) is 1. The second kappa shape index (κ2) is 7.21. The molecule has 1 aromatic carbocycles. The second-order valence-electron chi connectivity index (χ2n) is 5.78. The van der Waals surface area contributed by atoms with Crippen molar-refractivity contribution in [2.24, 2.45) is 0 Å². The molecule has 2 rings (SSSR count). The summed E-state index contributed by atoms with van der Waals surface area (Å²) in [5.41, 5.74) is -4.78. The van der Waals surface area contributed by atoms with E-state index in [1.807, 2.05) is 0 Å². The molecule has 1 atom stereocenters. The summed E-state index contributed by atoms with van der Waals surface area (Å²) in [7, 11) is 0.781. The van der Waals surface area contributed by atoms with Crippen molar-refractivity contribution < 1.29 is 45.8 Å². The third-order valence-corrected chi connectivity index (χ3v) is 3.99. The quantitative estimate of drug-likeness (QED) is 0.569. The van der Waals surface area contributed by atoms with Crippen LogP contribution in [0.3, 0.4) is 0 Å². The fourth-order valence-corrected chi connectivity index (χ4v) is 2.87. The van der Waals surface area contributed by atoms with Gasteiger partial charge in [-0.1, -0.05) is 24.3 Å². The normalized spacial score (nSPS) is 18.1. The van der Waals surface area contributed by atoms with Gasteiger partial charge >= 0.3 is 24.4 Å². The zero-order valence-electron chi connectivity index (χ0n) is 14.4. The van der Waals surface area contributed by atoms with Crippen molar-refractivity contribution in [3.63, 3.8) is 0 Å². The lowest BCUT2D eigenvalue weighted by atomic mass is 9.85. The van der Waals surface area contributed by atoms with E-state index in [0.717, 1.165) is 38.3 Å². The molecule has 1 aliphatic rings. The van der Waals surface area contributed by atoms with Gasteiger partial charge in [-0.2, -0.15) is 26.3 Å². The van der Waals surface area contributed by atoms with Gasteiger partial charge in [0.25, 0.3) is 0 Å². The molecule has 152 valence electrons. The van der Waals surface area contributed by atoms with Gasteiger partial charge in [-0.05, 0) is 18.6 Å². The Morgan fingerprint density at radius 3 is 2.18 bits per heavy atom. The Bertz CT molecular complexity index is 869. The van der Waals surface area contributed by atoms with Crippen LogP contribution in [0.25, 0.3) is 0 Å². The van der Waals surface area contributed by atoms with E-state index in [9.17, 15) is 41.0 Å². The molecule has 0 fully saturated rings. The largest absolute Gasteiger partial charge is 0.466 e. The lowest BCUT2D eigenvalue weighted by Crippen LogP contribution is -2.40. The molecular weight excluding hydrogens is 396 g/mol. The number of hydrogen-bond donors (Lipinski definition) is 1. The Morgan fingerprint density at radius 2 is 1.71 bits per heavy atom. The van der Waals surface area contributed by atoms with Crippen LogP contribution in [0.1, 0.15) is 24.0 Å². The van der Waals surface area contributed by atoms with Gasteiger partial charge in [-0.3, -0.25) is 0 Å². The monoisotopic (exact) mass is 409 g/mol. The van der Waals surface area contributed by atoms with E-state index < -0.39 is 52.9 Å². The number of nitrogens with zero attached hydrogens (tertiary/aromatic N) is 1. The molecule has 5 nitrogen and oxygen atoms in total. The third-order valence-electron chi connectivity index (χ3n) is 3.99. The summed E-state index contributed by atoms with van der Waals surface area (Å²) in [5, 5.41) is 9.17. The summed E-state index contributed by atoms with van der Waals surface area (Å²) in [6, 6.07) is 3.41. The molecule has 1 amide bonds. The zero-order chi connectivity index (χ0) is 21.4. The van der Waals surface area contributed by atoms with E-state index in [4.69, 9.17) is 0 Å². The number of allylic oxidation sites excluding steroid dienone is 3. The van der Waals surface area contributed by atoms with Gasteiger partial charge in [0.05, 0.1) is 18.2 Å². The maximum absolute atomic E-state index is 13.7. The molecule has 0 saturated heterocycles. The van der Waals surface area contributed by atoms with Gasteiger partial charge in [-0.15, -0.1) is 0 Å². The van der Waals surface area contributed by atoms with Crippen molar-refractivity contribution in [3.05, 3.63) is 58.4 Å². The molecule has 0 aliphatic carbocycles. The van der Waals surface area contributed by atoms with E-state index in [-0.39, 0.29) is 10.5 Å². The highest BCUT2D eigenvalue weighted by Gasteiger charge is 2.49. The number of hydrogen-bond acceptors (Lipinski definition) is 3. The first-order valence-corrected chi connectivity index (χ1v) is 7.57. The fraction of sp³-hybridized carbons (Fsp3) is 0.294. The summed E-state index contributed by atoms with van der Waals surface area (Å²) in [6.45, 7) is 1.04. The maximum Gasteiger partial charge on any atom is 0.432 e. The number of carbonyl (C=O) groups excluding carboxylic acids is 1. The number of carbonyl (C=O) groups is 2. The van der Waals surface area contributed by atoms with Gasteiger partial charge < -0.3 is 9.84 Å². The molecule has 0 radical (unpaired) electrons. The first-order chi connectivity index (χ1) is 12.8. The summed E-state index contributed by atoms with van der Waals surface area (Å²) in [6.07, 6.45) is -11.1. The summed E-state index contributed by atoms with van der Waals surface area (Å²) < 4.78 is 84.3. The van der Waals surface area contributed by atoms with Crippen LogP contribution in [-0.2, 0) is 15.7 Å². The van der Waals surface area contributed by atoms with Gasteiger partial charge in [0.2, 0.25) is 0 Å². The molecule has 0 spiro atoms. The minimum absolute atomic E-state index is 0.142. The van der Waals surface area contributed by atoms with Crippen LogP contribution in [0.5, 0.6) is 0 Å². The molecule has 28 heavy (non-hydrogen) atoms. The molecule has 11 heteroatoms. The average Bonchev–Trinajstić information content (AvgIpc) is 2.58. The standard InChI is InChI=1S/C17H13F6NO4/c1-8-6-11(9-4-3-5-10(7-9)16(18,19)20)12(14(25)28-2)13(17(21,22)23)24(8)15(26)27/h3-7,11H,1-2H3,(H,26,27). The molecule has 0 bridgehead atoms. The van der Waals surface area contributed by atoms with E-state index in [0.29, 0.717) is 6.07 Å². The highest BCUT2D eigenvalue weighted by Crippen LogP contribution is 2.44. The molecule has 1 unspecified atom stereocenters. The Morgan fingerprint density at radius 1 is 1.11 bits per heavy atom. The first-order valence-electron chi connectivity index (χ1n) is 7.57. The van der Waals surface area contributed by atoms with Gasteiger partial charge in [0, 0.05) is 11.6 Å². The lowest BCUT2D eigenvalue weighted by Gasteiger charge is -2.33. The Balaban J connectivity index is 2.81. The maximum atomic E-state index is 13.7. The molecule has 1 N–H and O–H groups in total. The van der Waals surface area contributed by atoms with Crippen LogP contribution in [0, 0.1) is 0 Å². The average molecular weight is 409 g/mol. The number of benzene rings is 1. The molecular formula is C17H13F6NO4. The van der Waals surface area contributed by atoms with Crippen LogP contribution in [0.4, 0.5) is 31.1 Å². The van der Waals surface area contributed by atoms with Crippen molar-refractivity contribution in [3.8, 4) is 0 Å². The number of esters is 1. The number of rotatable bonds is 2. The fourth-order valence-electron chi connectivity index (χ4n) is 2.87. The number of halogens is 6. The SMILES string of the molecule is COC(=O)C1=C(C(F)(F)F)N(C(=O)O)C(C)=CC1c1cccc(C(F)(F)F)c1. The first kappa shape index (κ1) is 21.3. The van der Waals surface area contributed by atoms with Crippen LogP contribution in [-0.4, -0.2) is 35.4 Å². The number of carboxylic acid groups (broad SMARTS) is 1.